The summed E-state index contributed by atoms with van der Waals surface area (Å²) in [6, 6.07) is 10.2. The van der Waals surface area contributed by atoms with Gasteiger partial charge in [-0.15, -0.1) is 0 Å². The van der Waals surface area contributed by atoms with E-state index in [2.05, 4.69) is 16.1 Å². The van der Waals surface area contributed by atoms with Crippen molar-refractivity contribution in [3.05, 3.63) is 65.7 Å². The SMILES string of the molecule is CN(CC(=O)Cc1cnn(C)c1)c1nc(-c2cc3ccccc3cn2)nc2c1CCC2. The second-order valence-corrected chi connectivity index (χ2v) is 8.16. The maximum atomic E-state index is 12.7. The summed E-state index contributed by atoms with van der Waals surface area (Å²) in [5, 5.41) is 6.34. The third kappa shape index (κ3) is 3.91. The number of benzene rings is 1. The molecule has 0 saturated carbocycles. The van der Waals surface area contributed by atoms with Gasteiger partial charge in [-0.2, -0.15) is 5.10 Å². The largest absolute Gasteiger partial charge is 0.352 e. The molecule has 3 heterocycles. The molecule has 7 heteroatoms. The zero-order chi connectivity index (χ0) is 21.4. The Balaban J connectivity index is 1.45. The van der Waals surface area contributed by atoms with Gasteiger partial charge in [0, 0.05) is 49.6 Å². The number of hydrogen-bond donors (Lipinski definition) is 0. The van der Waals surface area contributed by atoms with Crippen LogP contribution in [0.25, 0.3) is 22.3 Å². The highest BCUT2D eigenvalue weighted by Crippen LogP contribution is 2.31. The van der Waals surface area contributed by atoms with Gasteiger partial charge in [0.2, 0.25) is 0 Å². The van der Waals surface area contributed by atoms with E-state index in [-0.39, 0.29) is 5.78 Å². The second kappa shape index (κ2) is 7.91. The number of rotatable bonds is 6. The van der Waals surface area contributed by atoms with Crippen molar-refractivity contribution < 1.29 is 4.79 Å². The Morgan fingerprint density at radius 1 is 1.13 bits per heavy atom. The van der Waals surface area contributed by atoms with Crippen LogP contribution in [0.2, 0.25) is 0 Å². The number of anilines is 1. The van der Waals surface area contributed by atoms with E-state index in [1.54, 1.807) is 10.9 Å². The van der Waals surface area contributed by atoms with Crippen LogP contribution in [0.5, 0.6) is 0 Å². The van der Waals surface area contributed by atoms with E-state index in [1.807, 2.05) is 55.7 Å². The Bertz CT molecular complexity index is 1280. The van der Waals surface area contributed by atoms with Gasteiger partial charge in [0.25, 0.3) is 0 Å². The van der Waals surface area contributed by atoms with Gasteiger partial charge in [0.1, 0.15) is 11.5 Å². The van der Waals surface area contributed by atoms with E-state index in [4.69, 9.17) is 9.97 Å². The minimum atomic E-state index is 0.131. The molecule has 0 fully saturated rings. The molecule has 4 aromatic rings. The number of pyridine rings is 1. The summed E-state index contributed by atoms with van der Waals surface area (Å²) >= 11 is 0. The molecule has 31 heavy (non-hydrogen) atoms. The molecular weight excluding hydrogens is 388 g/mol. The summed E-state index contributed by atoms with van der Waals surface area (Å²) < 4.78 is 1.71. The van der Waals surface area contributed by atoms with Crippen molar-refractivity contribution in [2.75, 3.05) is 18.5 Å². The lowest BCUT2D eigenvalue weighted by Crippen LogP contribution is -2.28. The maximum Gasteiger partial charge on any atom is 0.180 e. The topological polar surface area (TPSA) is 76.8 Å². The minimum Gasteiger partial charge on any atom is -0.352 e. The van der Waals surface area contributed by atoms with E-state index < -0.39 is 0 Å². The Morgan fingerprint density at radius 3 is 2.77 bits per heavy atom. The normalized spacial score (nSPS) is 12.8. The number of carbonyl (C=O) groups is 1. The molecule has 0 amide bonds. The average Bonchev–Trinajstić information content (AvgIpc) is 3.41. The van der Waals surface area contributed by atoms with E-state index in [0.29, 0.717) is 18.8 Å². The second-order valence-electron chi connectivity index (χ2n) is 8.16. The van der Waals surface area contributed by atoms with Crippen molar-refractivity contribution in [1.82, 2.24) is 24.7 Å². The lowest BCUT2D eigenvalue weighted by atomic mass is 10.1. The number of carbonyl (C=O) groups excluding carboxylic acids is 1. The van der Waals surface area contributed by atoms with Crippen molar-refractivity contribution in [3.8, 4) is 11.5 Å². The van der Waals surface area contributed by atoms with Crippen LogP contribution in [0.4, 0.5) is 5.82 Å². The third-order valence-electron chi connectivity index (χ3n) is 5.71. The van der Waals surface area contributed by atoms with Crippen LogP contribution in [0.3, 0.4) is 0 Å². The van der Waals surface area contributed by atoms with Crippen molar-refractivity contribution in [2.24, 2.45) is 7.05 Å². The van der Waals surface area contributed by atoms with Crippen LogP contribution in [0, 0.1) is 0 Å². The first-order valence-corrected chi connectivity index (χ1v) is 10.5. The number of likely N-dealkylation sites (N-methyl/N-ethyl adjacent to an activating group) is 1. The highest BCUT2D eigenvalue weighted by atomic mass is 16.1. The fraction of sp³-hybridized carbons (Fsp3) is 0.292. The number of Topliss-reactive ketones (excluding diaryl/α,β-unsaturated/α-hetero) is 1. The van der Waals surface area contributed by atoms with Crippen LogP contribution in [0.15, 0.2) is 48.9 Å². The van der Waals surface area contributed by atoms with Gasteiger partial charge in [-0.05, 0) is 36.3 Å². The summed E-state index contributed by atoms with van der Waals surface area (Å²) in [5.41, 5.74) is 3.90. The summed E-state index contributed by atoms with van der Waals surface area (Å²) in [5.74, 6) is 1.59. The molecule has 0 bridgehead atoms. The molecule has 0 radical (unpaired) electrons. The fourth-order valence-corrected chi connectivity index (χ4v) is 4.23. The van der Waals surface area contributed by atoms with Gasteiger partial charge in [-0.1, -0.05) is 24.3 Å². The van der Waals surface area contributed by atoms with E-state index in [9.17, 15) is 4.79 Å². The first kappa shape index (κ1) is 19.4. The molecule has 1 aromatic carbocycles. The smallest absolute Gasteiger partial charge is 0.180 e. The van der Waals surface area contributed by atoms with Crippen LogP contribution in [0.1, 0.15) is 23.2 Å². The maximum absolute atomic E-state index is 12.7. The van der Waals surface area contributed by atoms with Crippen molar-refractivity contribution in [2.45, 2.75) is 25.7 Å². The standard InChI is InChI=1S/C24H24N6O/c1-29(15-19(31)10-16-12-26-30(2)14-16)24-20-8-5-9-21(20)27-23(28-24)22-11-17-6-3-4-7-18(17)13-25-22/h3-4,6-7,11-14H,5,8-10,15H2,1-2H3. The summed E-state index contributed by atoms with van der Waals surface area (Å²) in [4.78, 5) is 28.9. The lowest BCUT2D eigenvalue weighted by Gasteiger charge is -2.21. The van der Waals surface area contributed by atoms with Gasteiger partial charge >= 0.3 is 0 Å². The molecule has 7 nitrogen and oxygen atoms in total. The summed E-state index contributed by atoms with van der Waals surface area (Å²) in [6.45, 7) is 0.295. The van der Waals surface area contributed by atoms with Gasteiger partial charge in [-0.3, -0.25) is 14.5 Å². The van der Waals surface area contributed by atoms with Crippen LogP contribution in [-0.4, -0.2) is 44.1 Å². The molecular formula is C24H24N6O. The highest BCUT2D eigenvalue weighted by Gasteiger charge is 2.23. The molecule has 0 N–H and O–H groups in total. The number of aromatic nitrogens is 5. The number of aryl methyl sites for hydroxylation is 2. The number of nitrogens with zero attached hydrogens (tertiary/aromatic N) is 6. The molecule has 0 atom stereocenters. The minimum absolute atomic E-state index is 0.131. The van der Waals surface area contributed by atoms with E-state index >= 15 is 0 Å². The fourth-order valence-electron chi connectivity index (χ4n) is 4.23. The molecule has 156 valence electrons. The first-order valence-electron chi connectivity index (χ1n) is 10.5. The van der Waals surface area contributed by atoms with Gasteiger partial charge < -0.3 is 4.90 Å². The Labute approximate surface area is 180 Å². The number of hydrogen-bond acceptors (Lipinski definition) is 6. The molecule has 5 rings (SSSR count). The zero-order valence-corrected chi connectivity index (χ0v) is 17.7. The lowest BCUT2D eigenvalue weighted by molar-refractivity contribution is -0.117. The predicted octanol–water partition coefficient (Wildman–Crippen LogP) is 3.16. The Kier molecular flexibility index (Phi) is 4.94. The van der Waals surface area contributed by atoms with E-state index in [1.165, 1.54) is 0 Å². The molecule has 3 aromatic heterocycles. The first-order chi connectivity index (χ1) is 15.1. The number of ketones is 1. The molecule has 0 saturated heterocycles. The van der Waals surface area contributed by atoms with Crippen LogP contribution < -0.4 is 4.90 Å². The third-order valence-corrected chi connectivity index (χ3v) is 5.71. The van der Waals surface area contributed by atoms with E-state index in [0.717, 1.165) is 58.4 Å². The Hall–Kier alpha value is -3.61. The predicted molar refractivity (Wildman–Crippen MR) is 120 cm³/mol. The summed E-state index contributed by atoms with van der Waals surface area (Å²) in [7, 11) is 3.78. The quantitative estimate of drug-likeness (QED) is 0.484. The van der Waals surface area contributed by atoms with Gasteiger partial charge in [0.05, 0.1) is 12.7 Å². The zero-order valence-electron chi connectivity index (χ0n) is 17.7. The van der Waals surface area contributed by atoms with Crippen molar-refractivity contribution in [1.29, 1.82) is 0 Å². The molecule has 0 spiro atoms. The highest BCUT2D eigenvalue weighted by molar-refractivity contribution is 5.86. The van der Waals surface area contributed by atoms with Gasteiger partial charge in [-0.25, -0.2) is 9.97 Å². The Morgan fingerprint density at radius 2 is 1.97 bits per heavy atom. The molecule has 1 aliphatic carbocycles. The summed E-state index contributed by atoms with van der Waals surface area (Å²) in [6.07, 6.45) is 8.78. The van der Waals surface area contributed by atoms with Crippen molar-refractivity contribution >= 4 is 22.4 Å². The molecule has 0 aliphatic heterocycles. The van der Waals surface area contributed by atoms with Gasteiger partial charge in [0.15, 0.2) is 11.6 Å². The number of fused-ring (bicyclic) bond motifs is 2. The average molecular weight is 412 g/mol. The van der Waals surface area contributed by atoms with Crippen molar-refractivity contribution in [3.63, 3.8) is 0 Å². The van der Waals surface area contributed by atoms with Crippen LogP contribution >= 0.6 is 0 Å². The molecule has 1 aliphatic rings. The molecule has 0 unspecified atom stereocenters. The van der Waals surface area contributed by atoms with Crippen LogP contribution in [-0.2, 0) is 31.1 Å². The monoisotopic (exact) mass is 412 g/mol.